The van der Waals surface area contributed by atoms with E-state index < -0.39 is 0 Å². The van der Waals surface area contributed by atoms with Gasteiger partial charge in [-0.2, -0.15) is 0 Å². The van der Waals surface area contributed by atoms with Gasteiger partial charge in [-0.15, -0.1) is 5.10 Å². The SMILES string of the molecule is CC(C)C[C@@H](c1nnnn1C1CCCC1)N1CCN(C2CCCC2)CC1. The van der Waals surface area contributed by atoms with Crippen molar-refractivity contribution in [3.63, 3.8) is 0 Å². The van der Waals surface area contributed by atoms with Gasteiger partial charge in [0.1, 0.15) is 0 Å². The smallest absolute Gasteiger partial charge is 0.168 e. The predicted octanol–water partition coefficient (Wildman–Crippen LogP) is 3.44. The van der Waals surface area contributed by atoms with Crippen molar-refractivity contribution in [2.45, 2.75) is 89.8 Å². The summed E-state index contributed by atoms with van der Waals surface area (Å²) < 4.78 is 2.18. The van der Waals surface area contributed by atoms with E-state index in [0.29, 0.717) is 18.0 Å². The second-order valence-electron chi connectivity index (χ2n) is 9.08. The van der Waals surface area contributed by atoms with Crippen LogP contribution in [0.3, 0.4) is 0 Å². The van der Waals surface area contributed by atoms with Gasteiger partial charge >= 0.3 is 0 Å². The van der Waals surface area contributed by atoms with E-state index in [0.717, 1.165) is 31.4 Å². The van der Waals surface area contributed by atoms with Gasteiger partial charge in [-0.25, -0.2) is 4.68 Å². The summed E-state index contributed by atoms with van der Waals surface area (Å²) in [6.45, 7) is 9.39. The van der Waals surface area contributed by atoms with Crippen molar-refractivity contribution in [2.75, 3.05) is 26.2 Å². The van der Waals surface area contributed by atoms with Crippen molar-refractivity contribution < 1.29 is 0 Å². The molecule has 2 aliphatic carbocycles. The van der Waals surface area contributed by atoms with Crippen LogP contribution in [0.2, 0.25) is 0 Å². The third-order valence-corrected chi connectivity index (χ3v) is 6.81. The molecular weight excluding hydrogens is 324 g/mol. The largest absolute Gasteiger partial charge is 0.298 e. The van der Waals surface area contributed by atoms with Crippen LogP contribution in [0.25, 0.3) is 0 Å². The molecule has 6 heteroatoms. The fourth-order valence-corrected chi connectivity index (χ4v) is 5.38. The minimum absolute atomic E-state index is 0.372. The van der Waals surface area contributed by atoms with E-state index in [1.54, 1.807) is 0 Å². The average Bonchev–Trinajstić information content (AvgIpc) is 3.41. The summed E-state index contributed by atoms with van der Waals surface area (Å²) in [7, 11) is 0. The molecule has 1 aliphatic heterocycles. The second-order valence-corrected chi connectivity index (χ2v) is 9.08. The minimum atomic E-state index is 0.372. The summed E-state index contributed by atoms with van der Waals surface area (Å²) in [5, 5.41) is 13.0. The zero-order valence-corrected chi connectivity index (χ0v) is 16.7. The predicted molar refractivity (Wildman–Crippen MR) is 103 cm³/mol. The first-order valence-corrected chi connectivity index (χ1v) is 11.0. The molecule has 3 aliphatic rings. The Morgan fingerprint density at radius 3 is 2.12 bits per heavy atom. The van der Waals surface area contributed by atoms with E-state index >= 15 is 0 Å². The third kappa shape index (κ3) is 3.96. The Hall–Kier alpha value is -1.01. The normalized spacial score (nSPS) is 25.5. The molecular formula is C20H36N6. The Balaban J connectivity index is 1.46. The maximum Gasteiger partial charge on any atom is 0.168 e. The number of nitrogens with zero attached hydrogens (tertiary/aromatic N) is 6. The van der Waals surface area contributed by atoms with Crippen molar-refractivity contribution in [3.05, 3.63) is 5.82 Å². The summed E-state index contributed by atoms with van der Waals surface area (Å²) in [4.78, 5) is 5.42. The molecule has 0 radical (unpaired) electrons. The maximum atomic E-state index is 4.53. The first-order valence-electron chi connectivity index (χ1n) is 11.0. The Labute approximate surface area is 158 Å². The third-order valence-electron chi connectivity index (χ3n) is 6.81. The van der Waals surface area contributed by atoms with Gasteiger partial charge in [0.15, 0.2) is 5.82 Å². The van der Waals surface area contributed by atoms with Crippen LogP contribution in [0.4, 0.5) is 0 Å². The van der Waals surface area contributed by atoms with Gasteiger partial charge in [0.05, 0.1) is 12.1 Å². The zero-order valence-electron chi connectivity index (χ0n) is 16.7. The topological polar surface area (TPSA) is 50.1 Å². The van der Waals surface area contributed by atoms with Crippen LogP contribution >= 0.6 is 0 Å². The van der Waals surface area contributed by atoms with Crippen LogP contribution in [-0.4, -0.2) is 62.2 Å². The fraction of sp³-hybridized carbons (Fsp3) is 0.950. The van der Waals surface area contributed by atoms with Gasteiger partial charge in [-0.1, -0.05) is 39.5 Å². The lowest BCUT2D eigenvalue weighted by Crippen LogP contribution is -2.51. The van der Waals surface area contributed by atoms with Gasteiger partial charge in [0, 0.05) is 32.2 Å². The maximum absolute atomic E-state index is 4.53. The number of aromatic nitrogens is 4. The van der Waals surface area contributed by atoms with E-state index in [1.807, 2.05) is 0 Å². The highest BCUT2D eigenvalue weighted by Gasteiger charge is 2.33. The van der Waals surface area contributed by atoms with Crippen molar-refractivity contribution in [3.8, 4) is 0 Å². The molecule has 1 aromatic rings. The summed E-state index contributed by atoms with van der Waals surface area (Å²) in [5.41, 5.74) is 0. The highest BCUT2D eigenvalue weighted by molar-refractivity contribution is 4.98. The van der Waals surface area contributed by atoms with E-state index in [2.05, 4.69) is 43.9 Å². The van der Waals surface area contributed by atoms with Crippen LogP contribution in [0.15, 0.2) is 0 Å². The Bertz CT molecular complexity index is 550. The van der Waals surface area contributed by atoms with Crippen LogP contribution < -0.4 is 0 Å². The lowest BCUT2D eigenvalue weighted by Gasteiger charge is -2.41. The Morgan fingerprint density at radius 1 is 0.885 bits per heavy atom. The van der Waals surface area contributed by atoms with Gasteiger partial charge in [0.25, 0.3) is 0 Å². The molecule has 146 valence electrons. The lowest BCUT2D eigenvalue weighted by atomic mass is 10.00. The van der Waals surface area contributed by atoms with Crippen LogP contribution in [0.5, 0.6) is 0 Å². The monoisotopic (exact) mass is 360 g/mol. The van der Waals surface area contributed by atoms with Crippen molar-refractivity contribution in [2.24, 2.45) is 5.92 Å². The van der Waals surface area contributed by atoms with Crippen LogP contribution in [-0.2, 0) is 0 Å². The molecule has 1 saturated heterocycles. The summed E-state index contributed by atoms with van der Waals surface area (Å²) in [5.74, 6) is 1.78. The van der Waals surface area contributed by atoms with Crippen molar-refractivity contribution in [1.29, 1.82) is 0 Å². The molecule has 2 heterocycles. The fourth-order valence-electron chi connectivity index (χ4n) is 5.38. The number of tetrazole rings is 1. The van der Waals surface area contributed by atoms with Gasteiger partial charge in [-0.05, 0) is 48.4 Å². The molecule has 0 amide bonds. The van der Waals surface area contributed by atoms with Crippen molar-refractivity contribution in [1.82, 2.24) is 30.0 Å². The zero-order chi connectivity index (χ0) is 17.9. The molecule has 26 heavy (non-hydrogen) atoms. The molecule has 0 N–H and O–H groups in total. The summed E-state index contributed by atoms with van der Waals surface area (Å²) in [6.07, 6.45) is 11.9. The van der Waals surface area contributed by atoms with Gasteiger partial charge < -0.3 is 0 Å². The molecule has 4 rings (SSSR count). The first-order chi connectivity index (χ1) is 12.7. The standard InChI is InChI=1S/C20H36N6/c1-16(2)15-19(20-21-22-23-26(20)18-9-5-6-10-18)25-13-11-24(12-14-25)17-7-3-4-8-17/h16-19H,3-15H2,1-2H3/t19-/m0/s1. The number of hydrogen-bond acceptors (Lipinski definition) is 5. The molecule has 3 fully saturated rings. The molecule has 1 aromatic heterocycles. The van der Waals surface area contributed by atoms with Crippen molar-refractivity contribution >= 4 is 0 Å². The number of piperazine rings is 1. The van der Waals surface area contributed by atoms with Crippen LogP contribution in [0, 0.1) is 5.92 Å². The molecule has 0 bridgehead atoms. The average molecular weight is 361 g/mol. The molecule has 0 unspecified atom stereocenters. The minimum Gasteiger partial charge on any atom is -0.298 e. The first kappa shape index (κ1) is 18.4. The lowest BCUT2D eigenvalue weighted by molar-refractivity contribution is 0.0580. The number of rotatable bonds is 6. The molecule has 0 spiro atoms. The quantitative estimate of drug-likeness (QED) is 0.778. The van der Waals surface area contributed by atoms with Gasteiger partial charge in [0.2, 0.25) is 0 Å². The molecule has 6 nitrogen and oxygen atoms in total. The highest BCUT2D eigenvalue weighted by atomic mass is 15.6. The number of hydrogen-bond donors (Lipinski definition) is 0. The summed E-state index contributed by atoms with van der Waals surface area (Å²) >= 11 is 0. The van der Waals surface area contributed by atoms with E-state index in [-0.39, 0.29) is 0 Å². The Morgan fingerprint density at radius 2 is 1.50 bits per heavy atom. The van der Waals surface area contributed by atoms with Gasteiger partial charge in [-0.3, -0.25) is 9.80 Å². The molecule has 1 atom stereocenters. The van der Waals surface area contributed by atoms with E-state index in [1.165, 1.54) is 64.5 Å². The van der Waals surface area contributed by atoms with E-state index in [9.17, 15) is 0 Å². The summed E-state index contributed by atoms with van der Waals surface area (Å²) in [6, 6.07) is 1.75. The van der Waals surface area contributed by atoms with E-state index in [4.69, 9.17) is 0 Å². The Kier molecular flexibility index (Phi) is 5.89. The van der Waals surface area contributed by atoms with Crippen LogP contribution in [0.1, 0.15) is 89.5 Å². The highest BCUT2D eigenvalue weighted by Crippen LogP contribution is 2.34. The molecule has 2 saturated carbocycles. The molecule has 0 aromatic carbocycles. The second kappa shape index (κ2) is 8.34.